The predicted octanol–water partition coefficient (Wildman–Crippen LogP) is 0.915. The van der Waals surface area contributed by atoms with Gasteiger partial charge in [0.15, 0.2) is 0 Å². The van der Waals surface area contributed by atoms with E-state index in [4.69, 9.17) is 5.73 Å². The van der Waals surface area contributed by atoms with Crippen LogP contribution >= 0.6 is 11.3 Å². The zero-order chi connectivity index (χ0) is 15.5. The summed E-state index contributed by atoms with van der Waals surface area (Å²) in [6, 6.07) is 8.67. The number of nitrogens with two attached hydrogens (primary N) is 1. The Hall–Kier alpha value is -2.25. The van der Waals surface area contributed by atoms with E-state index in [1.165, 1.54) is 11.3 Å². The number of rotatable bonds is 3. The molecule has 3 N–H and O–H groups in total. The molecule has 1 fully saturated rings. The van der Waals surface area contributed by atoms with E-state index in [0.717, 1.165) is 5.56 Å². The summed E-state index contributed by atoms with van der Waals surface area (Å²) >= 11 is 1.36. The molecule has 0 bridgehead atoms. The monoisotopic (exact) mass is 316 g/mol. The number of hydrogen-bond acceptors (Lipinski definition) is 5. The Balaban J connectivity index is 1.92. The van der Waals surface area contributed by atoms with Crippen molar-refractivity contribution < 1.29 is 9.59 Å². The Morgan fingerprint density at radius 2 is 2.18 bits per heavy atom. The molecule has 1 unspecified atom stereocenters. The maximum Gasteiger partial charge on any atom is 0.274 e. The molecule has 0 spiro atoms. The Kier molecular flexibility index (Phi) is 4.17. The van der Waals surface area contributed by atoms with Gasteiger partial charge in [-0.05, 0) is 5.56 Å². The van der Waals surface area contributed by atoms with Gasteiger partial charge in [0.05, 0.1) is 0 Å². The number of carbonyl (C=O) groups excluding carboxylic acids is 2. The van der Waals surface area contributed by atoms with E-state index in [1.807, 2.05) is 30.3 Å². The van der Waals surface area contributed by atoms with Gasteiger partial charge in [0.1, 0.15) is 16.7 Å². The van der Waals surface area contributed by atoms with Gasteiger partial charge in [0.2, 0.25) is 5.91 Å². The number of carbonyl (C=O) groups is 2. The maximum atomic E-state index is 12.7. The number of amides is 2. The fraction of sp³-hybridized carbons (Fsp3) is 0.267. The van der Waals surface area contributed by atoms with Crippen LogP contribution < -0.4 is 11.1 Å². The van der Waals surface area contributed by atoms with Crippen LogP contribution in [0.25, 0.3) is 0 Å². The van der Waals surface area contributed by atoms with Gasteiger partial charge in [-0.2, -0.15) is 0 Å². The summed E-state index contributed by atoms with van der Waals surface area (Å²) in [4.78, 5) is 30.8. The molecule has 2 amide bonds. The molecule has 1 aliphatic rings. The third kappa shape index (κ3) is 2.72. The van der Waals surface area contributed by atoms with E-state index < -0.39 is 6.04 Å². The zero-order valence-corrected chi connectivity index (χ0v) is 12.7. The average Bonchev–Trinajstić information content (AvgIpc) is 3.04. The van der Waals surface area contributed by atoms with Gasteiger partial charge in [-0.1, -0.05) is 30.3 Å². The van der Waals surface area contributed by atoms with Gasteiger partial charge >= 0.3 is 0 Å². The van der Waals surface area contributed by atoms with E-state index in [1.54, 1.807) is 10.3 Å². The Bertz CT molecular complexity index is 686. The maximum absolute atomic E-state index is 12.7. The number of benzene rings is 1. The van der Waals surface area contributed by atoms with Crippen molar-refractivity contribution in [2.75, 3.05) is 13.1 Å². The zero-order valence-electron chi connectivity index (χ0n) is 11.9. The summed E-state index contributed by atoms with van der Waals surface area (Å²) in [5.41, 5.74) is 6.68. The fourth-order valence-electron chi connectivity index (χ4n) is 2.50. The molecule has 6 nitrogen and oxygen atoms in total. The van der Waals surface area contributed by atoms with Crippen LogP contribution in [-0.4, -0.2) is 34.8 Å². The third-order valence-corrected chi connectivity index (χ3v) is 4.40. The molecule has 22 heavy (non-hydrogen) atoms. The highest BCUT2D eigenvalue weighted by Crippen LogP contribution is 2.25. The molecule has 1 saturated heterocycles. The summed E-state index contributed by atoms with van der Waals surface area (Å²) in [7, 11) is 0. The number of nitrogens with one attached hydrogen (secondary N) is 1. The van der Waals surface area contributed by atoms with Gasteiger partial charge < -0.3 is 16.0 Å². The summed E-state index contributed by atoms with van der Waals surface area (Å²) in [6.45, 7) is 1.21. The van der Waals surface area contributed by atoms with Crippen molar-refractivity contribution in [2.45, 2.75) is 12.6 Å². The van der Waals surface area contributed by atoms with Gasteiger partial charge in [-0.3, -0.25) is 9.59 Å². The van der Waals surface area contributed by atoms with Crippen molar-refractivity contribution in [1.29, 1.82) is 0 Å². The molecule has 2 heterocycles. The first-order chi connectivity index (χ1) is 10.7. The standard InChI is InChI=1S/C15H16N4O2S/c16-8-12-18-11(9-22-12)15(21)19-7-6-17-14(20)13(19)10-4-2-1-3-5-10/h1-5,9,13H,6-8,16H2,(H,17,20). The van der Waals surface area contributed by atoms with Gasteiger partial charge in [0.25, 0.3) is 5.91 Å². The Labute approximate surface area is 132 Å². The molecule has 0 saturated carbocycles. The summed E-state index contributed by atoms with van der Waals surface area (Å²) in [5, 5.41) is 5.22. The normalized spacial score (nSPS) is 18.1. The second kappa shape index (κ2) is 6.25. The molecule has 1 aliphatic heterocycles. The first-order valence-corrected chi connectivity index (χ1v) is 7.87. The van der Waals surface area contributed by atoms with Crippen molar-refractivity contribution in [3.8, 4) is 0 Å². The lowest BCUT2D eigenvalue weighted by Crippen LogP contribution is -2.52. The number of hydrogen-bond donors (Lipinski definition) is 2. The molecule has 3 rings (SSSR count). The van der Waals surface area contributed by atoms with Crippen LogP contribution in [0.1, 0.15) is 27.1 Å². The van der Waals surface area contributed by atoms with Crippen LogP contribution in [0.3, 0.4) is 0 Å². The van der Waals surface area contributed by atoms with E-state index in [2.05, 4.69) is 10.3 Å². The molecule has 0 radical (unpaired) electrons. The highest BCUT2D eigenvalue weighted by Gasteiger charge is 2.35. The second-order valence-electron chi connectivity index (χ2n) is 4.93. The molecular weight excluding hydrogens is 300 g/mol. The van der Waals surface area contributed by atoms with E-state index >= 15 is 0 Å². The quantitative estimate of drug-likeness (QED) is 0.881. The minimum absolute atomic E-state index is 0.167. The first kappa shape index (κ1) is 14.7. The molecule has 0 aliphatic carbocycles. The van der Waals surface area contributed by atoms with Gasteiger partial charge in [-0.25, -0.2) is 4.98 Å². The highest BCUT2D eigenvalue weighted by atomic mass is 32.1. The molecule has 2 aromatic rings. The number of piperazine rings is 1. The van der Waals surface area contributed by atoms with Crippen molar-refractivity contribution in [3.63, 3.8) is 0 Å². The molecule has 1 aromatic carbocycles. The van der Waals surface area contributed by atoms with Crippen molar-refractivity contribution in [1.82, 2.24) is 15.2 Å². The van der Waals surface area contributed by atoms with Gasteiger partial charge in [0, 0.05) is 25.0 Å². The Morgan fingerprint density at radius 1 is 1.41 bits per heavy atom. The fourth-order valence-corrected chi connectivity index (χ4v) is 3.15. The smallest absolute Gasteiger partial charge is 0.274 e. The van der Waals surface area contributed by atoms with Crippen molar-refractivity contribution in [2.24, 2.45) is 5.73 Å². The predicted molar refractivity (Wildman–Crippen MR) is 83.2 cm³/mol. The molecular formula is C15H16N4O2S. The van der Waals surface area contributed by atoms with Crippen LogP contribution in [0, 0.1) is 0 Å². The molecule has 1 atom stereocenters. The largest absolute Gasteiger partial charge is 0.352 e. The minimum atomic E-state index is -0.620. The summed E-state index contributed by atoms with van der Waals surface area (Å²) < 4.78 is 0. The highest BCUT2D eigenvalue weighted by molar-refractivity contribution is 7.09. The van der Waals surface area contributed by atoms with Crippen LogP contribution in [0.5, 0.6) is 0 Å². The van der Waals surface area contributed by atoms with E-state index in [9.17, 15) is 9.59 Å². The van der Waals surface area contributed by atoms with Gasteiger partial charge in [-0.15, -0.1) is 11.3 Å². The van der Waals surface area contributed by atoms with Crippen molar-refractivity contribution in [3.05, 3.63) is 52.0 Å². The van der Waals surface area contributed by atoms with Crippen LogP contribution in [0.15, 0.2) is 35.7 Å². The van der Waals surface area contributed by atoms with E-state index in [-0.39, 0.29) is 11.8 Å². The molecule has 7 heteroatoms. The number of nitrogens with zero attached hydrogens (tertiary/aromatic N) is 2. The molecule has 114 valence electrons. The van der Waals surface area contributed by atoms with E-state index in [0.29, 0.717) is 30.3 Å². The second-order valence-corrected chi connectivity index (χ2v) is 5.88. The van der Waals surface area contributed by atoms with Crippen LogP contribution in [0.4, 0.5) is 0 Å². The lowest BCUT2D eigenvalue weighted by molar-refractivity contribution is -0.128. The number of thiazole rings is 1. The van der Waals surface area contributed by atoms with Crippen LogP contribution in [-0.2, 0) is 11.3 Å². The van der Waals surface area contributed by atoms with Crippen LogP contribution in [0.2, 0.25) is 0 Å². The SMILES string of the molecule is NCc1nc(C(=O)N2CCNC(=O)C2c2ccccc2)cs1. The number of aromatic nitrogens is 1. The lowest BCUT2D eigenvalue weighted by atomic mass is 10.0. The minimum Gasteiger partial charge on any atom is -0.352 e. The lowest BCUT2D eigenvalue weighted by Gasteiger charge is -2.34. The summed E-state index contributed by atoms with van der Waals surface area (Å²) in [6.07, 6.45) is 0. The molecule has 1 aromatic heterocycles. The summed E-state index contributed by atoms with van der Waals surface area (Å²) in [5.74, 6) is -0.403. The van der Waals surface area contributed by atoms with Crippen molar-refractivity contribution >= 4 is 23.2 Å². The Morgan fingerprint density at radius 3 is 2.86 bits per heavy atom. The topological polar surface area (TPSA) is 88.3 Å². The first-order valence-electron chi connectivity index (χ1n) is 6.99. The average molecular weight is 316 g/mol. The third-order valence-electron chi connectivity index (χ3n) is 3.53.